The van der Waals surface area contributed by atoms with Crippen molar-refractivity contribution in [2.75, 3.05) is 13.2 Å². The molecule has 1 aromatic carbocycles. The van der Waals surface area contributed by atoms with E-state index in [1.807, 2.05) is 19.1 Å². The maximum atomic E-state index is 11.9. The average Bonchev–Trinajstić information content (AvgIpc) is 2.81. The Morgan fingerprint density at radius 2 is 2.11 bits per heavy atom. The molecule has 0 N–H and O–H groups in total. The highest BCUT2D eigenvalue weighted by atomic mass is 16.5. The first-order valence-corrected chi connectivity index (χ1v) is 6.54. The van der Waals surface area contributed by atoms with Crippen LogP contribution >= 0.6 is 0 Å². The zero-order valence-electron chi connectivity index (χ0n) is 11.0. The van der Waals surface area contributed by atoms with Crippen molar-refractivity contribution in [3.63, 3.8) is 0 Å². The van der Waals surface area contributed by atoms with Gasteiger partial charge in [0.05, 0.1) is 6.61 Å². The Morgan fingerprint density at radius 3 is 2.89 bits per heavy atom. The summed E-state index contributed by atoms with van der Waals surface area (Å²) in [5.74, 6) is 0.0754. The number of fused-ring (bicyclic) bond motifs is 1. The lowest BCUT2D eigenvalue weighted by molar-refractivity contribution is 0.0765. The first kappa shape index (κ1) is 13.0. The Labute approximate surface area is 109 Å². The fourth-order valence-electron chi connectivity index (χ4n) is 2.24. The predicted molar refractivity (Wildman–Crippen MR) is 73.0 cm³/mol. The molecule has 0 radical (unpaired) electrons. The number of carbonyl (C=O) groups excluding carboxylic acids is 1. The normalized spacial score (nSPS) is 13.4. The molecule has 0 heterocycles. The van der Waals surface area contributed by atoms with Gasteiger partial charge in [0.15, 0.2) is 5.78 Å². The number of ketones is 1. The summed E-state index contributed by atoms with van der Waals surface area (Å²) < 4.78 is 5.37. The van der Waals surface area contributed by atoms with E-state index in [1.165, 1.54) is 17.5 Å². The molecule has 2 nitrogen and oxygen atoms in total. The molecule has 0 bridgehead atoms. The summed E-state index contributed by atoms with van der Waals surface area (Å²) in [6.45, 7) is 6.52. The van der Waals surface area contributed by atoms with Gasteiger partial charge in [-0.25, -0.2) is 0 Å². The highest BCUT2D eigenvalue weighted by Crippen LogP contribution is 2.22. The lowest BCUT2D eigenvalue weighted by Gasteiger charge is -2.05. The van der Waals surface area contributed by atoms with E-state index in [0.29, 0.717) is 6.61 Å². The van der Waals surface area contributed by atoms with E-state index in [4.69, 9.17) is 4.74 Å². The van der Waals surface area contributed by atoms with Crippen molar-refractivity contribution in [3.8, 4) is 0 Å². The smallest absolute Gasteiger partial charge is 0.188 e. The zero-order chi connectivity index (χ0) is 13.0. The van der Waals surface area contributed by atoms with Gasteiger partial charge >= 0.3 is 0 Å². The van der Waals surface area contributed by atoms with Crippen LogP contribution in [0.5, 0.6) is 0 Å². The Morgan fingerprint density at radius 1 is 1.33 bits per heavy atom. The Balaban J connectivity index is 1.87. The van der Waals surface area contributed by atoms with Gasteiger partial charge in [0.2, 0.25) is 0 Å². The molecular weight excluding hydrogens is 224 g/mol. The molecule has 0 atom stereocenters. The molecule has 0 aromatic heterocycles. The van der Waals surface area contributed by atoms with Crippen LogP contribution in [0.25, 0.3) is 0 Å². The summed E-state index contributed by atoms with van der Waals surface area (Å²) in [5.41, 5.74) is 4.60. The molecular formula is C16H20O2. The van der Waals surface area contributed by atoms with Gasteiger partial charge in [-0.3, -0.25) is 4.79 Å². The summed E-state index contributed by atoms with van der Waals surface area (Å²) in [5, 5.41) is 0. The molecule has 1 aromatic rings. The van der Waals surface area contributed by atoms with Crippen molar-refractivity contribution >= 4 is 5.78 Å². The zero-order valence-corrected chi connectivity index (χ0v) is 11.0. The van der Waals surface area contributed by atoms with Crippen molar-refractivity contribution < 1.29 is 9.53 Å². The van der Waals surface area contributed by atoms with E-state index in [0.717, 1.165) is 30.4 Å². The van der Waals surface area contributed by atoms with Crippen molar-refractivity contribution in [1.82, 2.24) is 0 Å². The van der Waals surface area contributed by atoms with Crippen molar-refractivity contribution in [3.05, 3.63) is 47.0 Å². The number of rotatable bonds is 6. The van der Waals surface area contributed by atoms with Crippen LogP contribution in [-0.2, 0) is 17.6 Å². The van der Waals surface area contributed by atoms with Crippen molar-refractivity contribution in [2.24, 2.45) is 0 Å². The summed E-state index contributed by atoms with van der Waals surface area (Å²) in [7, 11) is 0. The van der Waals surface area contributed by atoms with Crippen LogP contribution in [0, 0.1) is 0 Å². The second-order valence-corrected chi connectivity index (χ2v) is 5.02. The molecule has 96 valence electrons. The number of hydrogen-bond acceptors (Lipinski definition) is 2. The number of carbonyl (C=O) groups is 1. The minimum atomic E-state index is 0.0754. The molecule has 18 heavy (non-hydrogen) atoms. The number of hydrogen-bond donors (Lipinski definition) is 0. The topological polar surface area (TPSA) is 26.3 Å². The summed E-state index contributed by atoms with van der Waals surface area (Å²) in [4.78, 5) is 11.9. The van der Waals surface area contributed by atoms with Gasteiger partial charge in [0.1, 0.15) is 6.61 Å². The third kappa shape index (κ3) is 3.30. The fraction of sp³-hybridized carbons (Fsp3) is 0.438. The van der Waals surface area contributed by atoms with Gasteiger partial charge in [0.25, 0.3) is 0 Å². The molecule has 1 aliphatic rings. The Hall–Kier alpha value is -1.41. The average molecular weight is 244 g/mol. The molecule has 0 spiro atoms. The molecule has 2 heteroatoms. The van der Waals surface area contributed by atoms with Crippen LogP contribution in [0.4, 0.5) is 0 Å². The molecule has 0 saturated heterocycles. The highest BCUT2D eigenvalue weighted by Gasteiger charge is 2.13. The number of Topliss-reactive ketones (excluding diaryl/α,β-unsaturated/α-hetero) is 1. The lowest BCUT2D eigenvalue weighted by Crippen LogP contribution is -2.10. The third-order valence-electron chi connectivity index (χ3n) is 3.33. The molecule has 1 aliphatic carbocycles. The van der Waals surface area contributed by atoms with Crippen LogP contribution in [0.15, 0.2) is 30.4 Å². The monoisotopic (exact) mass is 244 g/mol. The Kier molecular flexibility index (Phi) is 4.32. The van der Waals surface area contributed by atoms with Crippen molar-refractivity contribution in [1.29, 1.82) is 0 Å². The van der Waals surface area contributed by atoms with E-state index in [1.54, 1.807) is 0 Å². The van der Waals surface area contributed by atoms with Gasteiger partial charge in [-0.1, -0.05) is 17.7 Å². The number of benzene rings is 1. The van der Waals surface area contributed by atoms with Crippen LogP contribution < -0.4 is 0 Å². The van der Waals surface area contributed by atoms with Crippen LogP contribution in [0.1, 0.15) is 41.3 Å². The quantitative estimate of drug-likeness (QED) is 0.436. The first-order chi connectivity index (χ1) is 8.66. The summed E-state index contributed by atoms with van der Waals surface area (Å²) in [6.07, 6.45) is 4.28. The molecule has 0 saturated carbocycles. The SMILES string of the molecule is C=C(C)CCOCC(=O)c1ccc2c(c1)CCC2. The molecule has 0 aliphatic heterocycles. The lowest BCUT2D eigenvalue weighted by atomic mass is 10.0. The minimum absolute atomic E-state index is 0.0754. The predicted octanol–water partition coefficient (Wildman–Crippen LogP) is 3.34. The van der Waals surface area contributed by atoms with Crippen LogP contribution in [-0.4, -0.2) is 19.0 Å². The highest BCUT2D eigenvalue weighted by molar-refractivity contribution is 5.97. The fourth-order valence-corrected chi connectivity index (χ4v) is 2.24. The molecule has 0 amide bonds. The van der Waals surface area contributed by atoms with Crippen LogP contribution in [0.2, 0.25) is 0 Å². The van der Waals surface area contributed by atoms with Gasteiger partial charge in [-0.05, 0) is 49.8 Å². The Bertz CT molecular complexity index is 460. The van der Waals surface area contributed by atoms with E-state index in [2.05, 4.69) is 12.6 Å². The second-order valence-electron chi connectivity index (χ2n) is 5.02. The van der Waals surface area contributed by atoms with Gasteiger partial charge in [-0.15, -0.1) is 6.58 Å². The van der Waals surface area contributed by atoms with E-state index in [9.17, 15) is 4.79 Å². The van der Waals surface area contributed by atoms with E-state index < -0.39 is 0 Å². The molecule has 0 fully saturated rings. The van der Waals surface area contributed by atoms with Gasteiger partial charge < -0.3 is 4.74 Å². The second kappa shape index (κ2) is 5.96. The maximum absolute atomic E-state index is 11.9. The minimum Gasteiger partial charge on any atom is -0.373 e. The van der Waals surface area contributed by atoms with Crippen molar-refractivity contribution in [2.45, 2.75) is 32.6 Å². The molecule has 0 unspecified atom stereocenters. The van der Waals surface area contributed by atoms with Gasteiger partial charge in [0, 0.05) is 5.56 Å². The third-order valence-corrected chi connectivity index (χ3v) is 3.33. The van der Waals surface area contributed by atoms with E-state index >= 15 is 0 Å². The maximum Gasteiger partial charge on any atom is 0.188 e. The number of aryl methyl sites for hydroxylation is 2. The van der Waals surface area contributed by atoms with Crippen LogP contribution in [0.3, 0.4) is 0 Å². The van der Waals surface area contributed by atoms with Gasteiger partial charge in [-0.2, -0.15) is 0 Å². The van der Waals surface area contributed by atoms with E-state index in [-0.39, 0.29) is 12.4 Å². The largest absolute Gasteiger partial charge is 0.373 e. The number of ether oxygens (including phenoxy) is 1. The standard InChI is InChI=1S/C16H20O2/c1-12(2)8-9-18-11-16(17)15-7-6-13-4-3-5-14(13)10-15/h6-7,10H,1,3-5,8-9,11H2,2H3. The summed E-state index contributed by atoms with van der Waals surface area (Å²) >= 11 is 0. The first-order valence-electron chi connectivity index (χ1n) is 6.54. The summed E-state index contributed by atoms with van der Waals surface area (Å²) in [6, 6.07) is 6.05. The molecule has 2 rings (SSSR count).